The second-order valence-corrected chi connectivity index (χ2v) is 9.00. The van der Waals surface area contributed by atoms with E-state index in [0.717, 1.165) is 45.6 Å². The Morgan fingerprint density at radius 2 is 1.53 bits per heavy atom. The van der Waals surface area contributed by atoms with Crippen LogP contribution in [0.15, 0.2) is 42.5 Å². The summed E-state index contributed by atoms with van der Waals surface area (Å²) in [5.74, 6) is 0.772. The second kappa shape index (κ2) is 12.3. The first-order chi connectivity index (χ1) is 13.7. The monoisotopic (exact) mass is 452 g/mol. The van der Waals surface area contributed by atoms with Crippen molar-refractivity contribution in [2.75, 3.05) is 39.8 Å². The van der Waals surface area contributed by atoms with E-state index in [-0.39, 0.29) is 30.9 Å². The number of nitrogens with zero attached hydrogens (tertiary/aromatic N) is 2. The molecule has 4 rings (SSSR count). The third-order valence-corrected chi connectivity index (χ3v) is 7.07. The van der Waals surface area contributed by atoms with Crippen molar-refractivity contribution >= 4 is 35.6 Å². The molecule has 0 radical (unpaired) electrons. The largest absolute Gasteiger partial charge is 0.393 e. The summed E-state index contributed by atoms with van der Waals surface area (Å²) >= 11 is 0. The minimum absolute atomic E-state index is 0. The van der Waals surface area contributed by atoms with Gasteiger partial charge in [0.25, 0.3) is 0 Å². The Balaban J connectivity index is 0.00000160. The van der Waals surface area contributed by atoms with Crippen molar-refractivity contribution in [2.24, 2.45) is 5.92 Å². The van der Waals surface area contributed by atoms with Gasteiger partial charge in [0.05, 0.1) is 6.10 Å². The minimum atomic E-state index is -0.170. The van der Waals surface area contributed by atoms with E-state index in [0.29, 0.717) is 11.8 Å². The van der Waals surface area contributed by atoms with Gasteiger partial charge in [0, 0.05) is 38.6 Å². The minimum Gasteiger partial charge on any atom is -0.393 e. The molecule has 0 amide bonds. The predicted octanol–water partition coefficient (Wildman–Crippen LogP) is 5.35. The van der Waals surface area contributed by atoms with Crippen LogP contribution in [0.4, 0.5) is 0 Å². The maximum Gasteiger partial charge on any atom is 0.0574 e. The number of hydrogen-bond donors (Lipinski definition) is 1. The molecular weight excluding hydrogens is 415 g/mol. The summed E-state index contributed by atoms with van der Waals surface area (Å²) in [5.41, 5.74) is 1.45. The Hall–Kier alpha value is -0.840. The van der Waals surface area contributed by atoms with E-state index in [1.54, 1.807) is 0 Å². The standard InChI is InChI=1S/C25H36N2O.2ClH/c1-26-15-17-27(18-16-26)19-24(23-12-4-2-3-5-14-25(23)28)22-13-8-10-20-9-6-7-11-21(20)22;;/h6-11,13,23-25,28H,2-5,12,14-19H2,1H3;2*1H. The first-order valence-corrected chi connectivity index (χ1v) is 11.3. The van der Waals surface area contributed by atoms with Gasteiger partial charge in [-0.3, -0.25) is 0 Å². The molecule has 2 fully saturated rings. The summed E-state index contributed by atoms with van der Waals surface area (Å²) in [6.45, 7) is 5.65. The van der Waals surface area contributed by atoms with Gasteiger partial charge in [-0.1, -0.05) is 68.1 Å². The molecule has 3 atom stereocenters. The van der Waals surface area contributed by atoms with E-state index in [2.05, 4.69) is 59.3 Å². The Bertz CT molecular complexity index is 758. The lowest BCUT2D eigenvalue weighted by atomic mass is 9.75. The van der Waals surface area contributed by atoms with Gasteiger partial charge in [-0.15, -0.1) is 24.8 Å². The Morgan fingerprint density at radius 3 is 2.30 bits per heavy atom. The van der Waals surface area contributed by atoms with Crippen molar-refractivity contribution in [1.82, 2.24) is 9.80 Å². The van der Waals surface area contributed by atoms with E-state index in [4.69, 9.17) is 0 Å². The van der Waals surface area contributed by atoms with Crippen molar-refractivity contribution in [3.05, 3.63) is 48.0 Å². The maximum atomic E-state index is 11.1. The lowest BCUT2D eigenvalue weighted by Crippen LogP contribution is -2.47. The molecule has 1 saturated heterocycles. The van der Waals surface area contributed by atoms with Crippen molar-refractivity contribution in [3.8, 4) is 0 Å². The number of piperazine rings is 1. The normalized spacial score (nSPS) is 24.9. The van der Waals surface area contributed by atoms with Gasteiger partial charge in [-0.2, -0.15) is 0 Å². The highest BCUT2D eigenvalue weighted by Gasteiger charge is 2.32. The van der Waals surface area contributed by atoms with E-state index in [1.807, 2.05) is 0 Å². The molecule has 1 saturated carbocycles. The Labute approximate surface area is 194 Å². The molecule has 1 aliphatic heterocycles. The second-order valence-electron chi connectivity index (χ2n) is 9.00. The highest BCUT2D eigenvalue weighted by Crippen LogP contribution is 2.38. The average molecular weight is 453 g/mol. The highest BCUT2D eigenvalue weighted by atomic mass is 35.5. The van der Waals surface area contributed by atoms with Crippen molar-refractivity contribution in [2.45, 2.75) is 50.5 Å². The van der Waals surface area contributed by atoms with Crippen molar-refractivity contribution in [1.29, 1.82) is 0 Å². The van der Waals surface area contributed by atoms with Crippen molar-refractivity contribution in [3.63, 3.8) is 0 Å². The first-order valence-electron chi connectivity index (χ1n) is 11.3. The van der Waals surface area contributed by atoms with Crippen LogP contribution in [0.5, 0.6) is 0 Å². The van der Waals surface area contributed by atoms with Gasteiger partial charge in [0.2, 0.25) is 0 Å². The molecule has 0 aromatic heterocycles. The van der Waals surface area contributed by atoms with E-state index < -0.39 is 0 Å². The van der Waals surface area contributed by atoms with Crippen LogP contribution in [0.1, 0.15) is 50.0 Å². The van der Waals surface area contributed by atoms with Crippen molar-refractivity contribution < 1.29 is 5.11 Å². The van der Waals surface area contributed by atoms with Crippen LogP contribution in [0.25, 0.3) is 10.8 Å². The topological polar surface area (TPSA) is 26.7 Å². The van der Waals surface area contributed by atoms with Gasteiger partial charge in [-0.25, -0.2) is 0 Å². The van der Waals surface area contributed by atoms with Crippen LogP contribution >= 0.6 is 24.8 Å². The SMILES string of the molecule is CN1CCN(CC(c2cccc3ccccc23)C2CCCCCCC2O)CC1.Cl.Cl. The molecule has 0 spiro atoms. The molecule has 30 heavy (non-hydrogen) atoms. The number of hydrogen-bond acceptors (Lipinski definition) is 3. The van der Waals surface area contributed by atoms with Crippen LogP contribution < -0.4 is 0 Å². The predicted molar refractivity (Wildman–Crippen MR) is 132 cm³/mol. The van der Waals surface area contributed by atoms with Crippen LogP contribution in [-0.2, 0) is 0 Å². The summed E-state index contributed by atoms with van der Waals surface area (Å²) in [7, 11) is 2.22. The number of likely N-dealkylation sites (N-methyl/N-ethyl adjacent to an activating group) is 1. The molecule has 5 heteroatoms. The first kappa shape index (κ1) is 25.4. The fourth-order valence-corrected chi connectivity index (χ4v) is 5.31. The molecule has 2 aliphatic rings. The molecule has 1 heterocycles. The number of fused-ring (bicyclic) bond motifs is 1. The molecular formula is C25H38Cl2N2O. The van der Waals surface area contributed by atoms with Crippen LogP contribution in [0.2, 0.25) is 0 Å². The zero-order valence-corrected chi connectivity index (χ0v) is 19.8. The molecule has 3 nitrogen and oxygen atoms in total. The Morgan fingerprint density at radius 1 is 0.867 bits per heavy atom. The quantitative estimate of drug-likeness (QED) is 0.677. The fourth-order valence-electron chi connectivity index (χ4n) is 5.31. The summed E-state index contributed by atoms with van der Waals surface area (Å²) in [5, 5.41) is 13.8. The van der Waals surface area contributed by atoms with Crippen LogP contribution in [-0.4, -0.2) is 60.8 Å². The number of benzene rings is 2. The lowest BCUT2D eigenvalue weighted by molar-refractivity contribution is 0.0528. The average Bonchev–Trinajstić information content (AvgIpc) is 2.71. The van der Waals surface area contributed by atoms with Gasteiger partial charge >= 0.3 is 0 Å². The molecule has 168 valence electrons. The van der Waals surface area contributed by atoms with Gasteiger partial charge in [0.15, 0.2) is 0 Å². The third-order valence-electron chi connectivity index (χ3n) is 7.07. The fraction of sp³-hybridized carbons (Fsp3) is 0.600. The molecule has 1 N–H and O–H groups in total. The zero-order chi connectivity index (χ0) is 19.3. The van der Waals surface area contributed by atoms with E-state index in [9.17, 15) is 5.11 Å². The zero-order valence-electron chi connectivity index (χ0n) is 18.2. The smallest absolute Gasteiger partial charge is 0.0574 e. The number of aliphatic hydroxyl groups is 1. The van der Waals surface area contributed by atoms with Gasteiger partial charge in [0.1, 0.15) is 0 Å². The molecule has 1 aliphatic carbocycles. The number of rotatable bonds is 4. The Kier molecular flexibility index (Phi) is 10.4. The number of halogens is 2. The molecule has 2 aromatic rings. The molecule has 0 bridgehead atoms. The highest BCUT2D eigenvalue weighted by molar-refractivity contribution is 5.86. The van der Waals surface area contributed by atoms with Gasteiger partial charge < -0.3 is 14.9 Å². The summed E-state index contributed by atoms with van der Waals surface area (Å²) < 4.78 is 0. The third kappa shape index (κ3) is 6.11. The maximum absolute atomic E-state index is 11.1. The summed E-state index contributed by atoms with van der Waals surface area (Å²) in [6, 6.07) is 15.6. The summed E-state index contributed by atoms with van der Waals surface area (Å²) in [6.07, 6.45) is 6.98. The number of aliphatic hydroxyl groups excluding tert-OH is 1. The van der Waals surface area contributed by atoms with Crippen LogP contribution in [0, 0.1) is 5.92 Å². The van der Waals surface area contributed by atoms with Crippen LogP contribution in [0.3, 0.4) is 0 Å². The summed E-state index contributed by atoms with van der Waals surface area (Å²) in [4.78, 5) is 5.06. The molecule has 3 unspecified atom stereocenters. The van der Waals surface area contributed by atoms with E-state index in [1.165, 1.54) is 42.0 Å². The van der Waals surface area contributed by atoms with E-state index >= 15 is 0 Å². The lowest BCUT2D eigenvalue weighted by Gasteiger charge is -2.39. The van der Waals surface area contributed by atoms with Gasteiger partial charge in [-0.05, 0) is 42.1 Å². The molecule has 2 aromatic carbocycles.